The summed E-state index contributed by atoms with van der Waals surface area (Å²) >= 11 is 0. The first kappa shape index (κ1) is 11.9. The predicted octanol–water partition coefficient (Wildman–Crippen LogP) is 1.26. The predicted molar refractivity (Wildman–Crippen MR) is 66.1 cm³/mol. The van der Waals surface area contributed by atoms with Gasteiger partial charge in [-0.1, -0.05) is 6.07 Å². The minimum atomic E-state index is 0.0408. The van der Waals surface area contributed by atoms with Crippen molar-refractivity contribution in [1.29, 1.82) is 0 Å². The van der Waals surface area contributed by atoms with Gasteiger partial charge in [0.2, 0.25) is 0 Å². The first-order chi connectivity index (χ1) is 8.20. The van der Waals surface area contributed by atoms with Crippen molar-refractivity contribution in [2.75, 3.05) is 20.2 Å². The molecule has 1 heterocycles. The molecule has 0 aromatic heterocycles. The summed E-state index contributed by atoms with van der Waals surface area (Å²) in [6.07, 6.45) is 1.98. The minimum Gasteiger partial charge on any atom is -0.497 e. The molecule has 1 saturated heterocycles. The van der Waals surface area contributed by atoms with E-state index in [9.17, 15) is 4.79 Å². The molecule has 2 N–H and O–H groups in total. The average molecular weight is 234 g/mol. The van der Waals surface area contributed by atoms with Gasteiger partial charge in [-0.05, 0) is 31.0 Å². The summed E-state index contributed by atoms with van der Waals surface area (Å²) < 4.78 is 5.12. The van der Waals surface area contributed by atoms with Crippen LogP contribution in [-0.4, -0.2) is 37.0 Å². The summed E-state index contributed by atoms with van der Waals surface area (Å²) in [4.78, 5) is 14.1. The molecule has 1 aliphatic heterocycles. The molecule has 1 aromatic carbocycles. The van der Waals surface area contributed by atoms with Crippen LogP contribution in [0, 0.1) is 0 Å². The SMILES string of the molecule is COc1cccc(C(=O)N2CCC[C@H](N)C2)c1. The normalized spacial score (nSPS) is 20.1. The summed E-state index contributed by atoms with van der Waals surface area (Å²) in [5.41, 5.74) is 6.54. The second-order valence-electron chi connectivity index (χ2n) is 4.39. The van der Waals surface area contributed by atoms with E-state index in [1.807, 2.05) is 23.1 Å². The number of rotatable bonds is 2. The van der Waals surface area contributed by atoms with E-state index in [1.165, 1.54) is 0 Å². The van der Waals surface area contributed by atoms with Crippen LogP contribution < -0.4 is 10.5 Å². The molecule has 1 atom stereocenters. The van der Waals surface area contributed by atoms with Crippen LogP contribution in [0.5, 0.6) is 5.75 Å². The van der Waals surface area contributed by atoms with E-state index in [0.717, 1.165) is 19.4 Å². The number of piperidine rings is 1. The number of hydrogen-bond acceptors (Lipinski definition) is 3. The van der Waals surface area contributed by atoms with Gasteiger partial charge < -0.3 is 15.4 Å². The maximum Gasteiger partial charge on any atom is 0.254 e. The zero-order chi connectivity index (χ0) is 12.3. The molecule has 0 saturated carbocycles. The Morgan fingerprint density at radius 2 is 2.35 bits per heavy atom. The number of nitrogens with two attached hydrogens (primary N) is 1. The molecule has 17 heavy (non-hydrogen) atoms. The van der Waals surface area contributed by atoms with Gasteiger partial charge in [0.1, 0.15) is 5.75 Å². The first-order valence-electron chi connectivity index (χ1n) is 5.89. The Morgan fingerprint density at radius 3 is 3.06 bits per heavy atom. The molecule has 0 spiro atoms. The molecule has 1 fully saturated rings. The van der Waals surface area contributed by atoms with Gasteiger partial charge in [-0.3, -0.25) is 4.79 Å². The van der Waals surface area contributed by atoms with Crippen molar-refractivity contribution in [3.63, 3.8) is 0 Å². The van der Waals surface area contributed by atoms with Crippen molar-refractivity contribution < 1.29 is 9.53 Å². The maximum atomic E-state index is 12.2. The number of benzene rings is 1. The molecule has 1 aromatic rings. The third kappa shape index (κ3) is 2.77. The van der Waals surface area contributed by atoms with Crippen LogP contribution >= 0.6 is 0 Å². The van der Waals surface area contributed by atoms with E-state index in [0.29, 0.717) is 17.9 Å². The number of amides is 1. The second kappa shape index (κ2) is 5.19. The van der Waals surface area contributed by atoms with Gasteiger partial charge in [0.05, 0.1) is 7.11 Å². The summed E-state index contributed by atoms with van der Waals surface area (Å²) in [5, 5.41) is 0. The van der Waals surface area contributed by atoms with Crippen molar-refractivity contribution in [3.05, 3.63) is 29.8 Å². The molecule has 0 aliphatic carbocycles. The number of hydrogen-bond donors (Lipinski definition) is 1. The highest BCUT2D eigenvalue weighted by Gasteiger charge is 2.22. The number of carbonyl (C=O) groups is 1. The third-order valence-corrected chi connectivity index (χ3v) is 3.06. The highest BCUT2D eigenvalue weighted by Crippen LogP contribution is 2.17. The van der Waals surface area contributed by atoms with Crippen molar-refractivity contribution in [2.24, 2.45) is 5.73 Å². The van der Waals surface area contributed by atoms with Crippen LogP contribution in [0.4, 0.5) is 0 Å². The van der Waals surface area contributed by atoms with Crippen molar-refractivity contribution in [2.45, 2.75) is 18.9 Å². The highest BCUT2D eigenvalue weighted by molar-refractivity contribution is 5.94. The molecule has 0 radical (unpaired) electrons. The standard InChI is InChI=1S/C13H18N2O2/c1-17-12-6-2-4-10(8-12)13(16)15-7-3-5-11(14)9-15/h2,4,6,8,11H,3,5,7,9,14H2,1H3/t11-/m0/s1. The summed E-state index contributed by atoms with van der Waals surface area (Å²) in [6, 6.07) is 7.35. The average Bonchev–Trinajstić information content (AvgIpc) is 2.38. The van der Waals surface area contributed by atoms with Crippen molar-refractivity contribution >= 4 is 5.91 Å². The van der Waals surface area contributed by atoms with Gasteiger partial charge in [-0.25, -0.2) is 0 Å². The van der Waals surface area contributed by atoms with Crippen LogP contribution in [0.1, 0.15) is 23.2 Å². The Kier molecular flexibility index (Phi) is 3.64. The molecule has 0 bridgehead atoms. The molecule has 4 nitrogen and oxygen atoms in total. The molecule has 1 aliphatic rings. The Hall–Kier alpha value is -1.55. The van der Waals surface area contributed by atoms with Gasteiger partial charge in [0.25, 0.3) is 5.91 Å². The van der Waals surface area contributed by atoms with Gasteiger partial charge in [0.15, 0.2) is 0 Å². The molecule has 92 valence electrons. The van der Waals surface area contributed by atoms with Crippen LogP contribution in [0.25, 0.3) is 0 Å². The quantitative estimate of drug-likeness (QED) is 0.838. The van der Waals surface area contributed by atoms with Gasteiger partial charge in [-0.2, -0.15) is 0 Å². The number of methoxy groups -OCH3 is 1. The molecule has 0 unspecified atom stereocenters. The molecular weight excluding hydrogens is 216 g/mol. The Morgan fingerprint density at radius 1 is 1.53 bits per heavy atom. The monoisotopic (exact) mass is 234 g/mol. The van der Waals surface area contributed by atoms with E-state index in [1.54, 1.807) is 13.2 Å². The minimum absolute atomic E-state index is 0.0408. The lowest BCUT2D eigenvalue weighted by molar-refractivity contribution is 0.0708. The van der Waals surface area contributed by atoms with Crippen LogP contribution in [0.15, 0.2) is 24.3 Å². The van der Waals surface area contributed by atoms with Crippen LogP contribution in [0.3, 0.4) is 0 Å². The summed E-state index contributed by atoms with van der Waals surface area (Å²) in [7, 11) is 1.60. The molecular formula is C13H18N2O2. The van der Waals surface area contributed by atoms with Gasteiger partial charge in [-0.15, -0.1) is 0 Å². The van der Waals surface area contributed by atoms with Crippen LogP contribution in [0.2, 0.25) is 0 Å². The first-order valence-corrected chi connectivity index (χ1v) is 5.89. The number of carbonyl (C=O) groups excluding carboxylic acids is 1. The summed E-state index contributed by atoms with van der Waals surface area (Å²) in [5.74, 6) is 0.746. The Bertz CT molecular complexity index is 406. The smallest absolute Gasteiger partial charge is 0.254 e. The van der Waals surface area contributed by atoms with Crippen LogP contribution in [-0.2, 0) is 0 Å². The largest absolute Gasteiger partial charge is 0.497 e. The number of nitrogens with zero attached hydrogens (tertiary/aromatic N) is 1. The highest BCUT2D eigenvalue weighted by atomic mass is 16.5. The molecule has 4 heteroatoms. The van der Waals surface area contributed by atoms with Crippen molar-refractivity contribution in [1.82, 2.24) is 4.90 Å². The fourth-order valence-corrected chi connectivity index (χ4v) is 2.13. The van der Waals surface area contributed by atoms with Gasteiger partial charge in [0, 0.05) is 24.7 Å². The second-order valence-corrected chi connectivity index (χ2v) is 4.39. The zero-order valence-electron chi connectivity index (χ0n) is 10.1. The van der Waals surface area contributed by atoms with E-state index in [-0.39, 0.29) is 11.9 Å². The lowest BCUT2D eigenvalue weighted by atomic mass is 10.1. The summed E-state index contributed by atoms with van der Waals surface area (Å²) in [6.45, 7) is 1.44. The maximum absolute atomic E-state index is 12.2. The number of likely N-dealkylation sites (tertiary alicyclic amines) is 1. The fourth-order valence-electron chi connectivity index (χ4n) is 2.13. The Balaban J connectivity index is 2.12. The fraction of sp³-hybridized carbons (Fsp3) is 0.462. The van der Waals surface area contributed by atoms with E-state index in [4.69, 9.17) is 10.5 Å². The van der Waals surface area contributed by atoms with E-state index in [2.05, 4.69) is 0 Å². The topological polar surface area (TPSA) is 55.6 Å². The van der Waals surface area contributed by atoms with E-state index < -0.39 is 0 Å². The lowest BCUT2D eigenvalue weighted by Crippen LogP contribution is -2.45. The zero-order valence-corrected chi connectivity index (χ0v) is 10.1. The lowest BCUT2D eigenvalue weighted by Gasteiger charge is -2.30. The third-order valence-electron chi connectivity index (χ3n) is 3.06. The van der Waals surface area contributed by atoms with E-state index >= 15 is 0 Å². The molecule has 1 amide bonds. The number of ether oxygens (including phenoxy) is 1. The molecule has 2 rings (SSSR count). The van der Waals surface area contributed by atoms with Gasteiger partial charge >= 0.3 is 0 Å². The Labute approximate surface area is 101 Å². The van der Waals surface area contributed by atoms with Crippen molar-refractivity contribution in [3.8, 4) is 5.75 Å².